The third kappa shape index (κ3) is 6.95. The quantitative estimate of drug-likeness (QED) is 0.285. The van der Waals surface area contributed by atoms with Gasteiger partial charge >= 0.3 is 0 Å². The Balaban J connectivity index is 2.05. The Bertz CT molecular complexity index is 1130. The van der Waals surface area contributed by atoms with Gasteiger partial charge in [0, 0.05) is 16.1 Å². The molecule has 2 unspecified atom stereocenters. The lowest BCUT2D eigenvalue weighted by Gasteiger charge is -2.45. The second-order valence-corrected chi connectivity index (χ2v) is 22.3. The summed E-state index contributed by atoms with van der Waals surface area (Å²) in [6.45, 7) is 16.4. The van der Waals surface area contributed by atoms with Gasteiger partial charge in [0.1, 0.15) is 30.2 Å². The molecule has 2 aromatic carbocycles. The van der Waals surface area contributed by atoms with E-state index in [0.29, 0.717) is 10.6 Å². The molecule has 2 aromatic rings. The highest BCUT2D eigenvalue weighted by Gasteiger charge is 2.53. The first-order valence-corrected chi connectivity index (χ1v) is 19.8. The minimum absolute atomic E-state index is 0.0494. The average Bonchev–Trinajstić information content (AvgIpc) is 2.83. The molecule has 1 fully saturated rings. The molecule has 39 heavy (non-hydrogen) atoms. The van der Waals surface area contributed by atoms with Gasteiger partial charge in [0.2, 0.25) is 14.1 Å². The van der Waals surface area contributed by atoms with E-state index >= 15 is 0 Å². The lowest BCUT2D eigenvalue weighted by molar-refractivity contribution is -0.357. The Hall–Kier alpha value is -1.32. The maximum absolute atomic E-state index is 11.4. The first-order chi connectivity index (χ1) is 17.8. The Labute approximate surface area is 238 Å². The zero-order chi connectivity index (χ0) is 29.6. The smallest absolute Gasteiger partial charge is 0.250 e. The molecule has 0 aromatic heterocycles. The third-order valence-electron chi connectivity index (χ3n) is 7.49. The van der Waals surface area contributed by atoms with Crippen LogP contribution >= 0.6 is 11.6 Å². The summed E-state index contributed by atoms with van der Waals surface area (Å²) in [5, 5.41) is 52.6. The second kappa shape index (κ2) is 11.5. The zero-order valence-electron chi connectivity index (χ0n) is 24.0. The number of aliphatic hydroxyl groups is 5. The van der Waals surface area contributed by atoms with E-state index in [4.69, 9.17) is 25.2 Å². The van der Waals surface area contributed by atoms with E-state index in [0.717, 1.165) is 11.3 Å². The number of hydrogen-bond donors (Lipinski definition) is 5. The van der Waals surface area contributed by atoms with Crippen molar-refractivity contribution in [1.82, 2.24) is 0 Å². The van der Waals surface area contributed by atoms with Crippen LogP contribution in [-0.4, -0.2) is 73.2 Å². The minimum Gasteiger partial charge on any atom is -0.544 e. The summed E-state index contributed by atoms with van der Waals surface area (Å²) >= 11 is 6.67. The summed E-state index contributed by atoms with van der Waals surface area (Å²) in [7, 11) is -4.17. The SMILES string of the molecule is CC(C)(C)[Si](C)(C)Oc1ccc(C(O[Si](C)(C)C)c2cc(C3(O)O[C@H](CO)[C@@H](O)[C@H](O)[C@H]3O)ccc2Cl)cc1. The number of halogens is 1. The lowest BCUT2D eigenvalue weighted by Crippen LogP contribution is -2.63. The highest BCUT2D eigenvalue weighted by atomic mass is 35.5. The van der Waals surface area contributed by atoms with Gasteiger partial charge in [-0.15, -0.1) is 0 Å². The fourth-order valence-corrected chi connectivity index (χ4v) is 6.40. The third-order valence-corrected chi connectivity index (χ3v) is 13.1. The molecule has 1 aliphatic rings. The predicted octanol–water partition coefficient (Wildman–Crippen LogP) is 4.28. The van der Waals surface area contributed by atoms with Crippen molar-refractivity contribution < 1.29 is 39.1 Å². The summed E-state index contributed by atoms with van der Waals surface area (Å²) in [6, 6.07) is 12.3. The average molecular weight is 599 g/mol. The van der Waals surface area contributed by atoms with E-state index in [2.05, 4.69) is 53.5 Å². The van der Waals surface area contributed by atoms with E-state index in [1.54, 1.807) is 12.1 Å². The molecular weight excluding hydrogens is 556 g/mol. The first-order valence-electron chi connectivity index (χ1n) is 13.1. The molecule has 3 rings (SSSR count). The van der Waals surface area contributed by atoms with Crippen molar-refractivity contribution in [1.29, 1.82) is 0 Å². The van der Waals surface area contributed by atoms with Gasteiger partial charge in [-0.25, -0.2) is 0 Å². The Morgan fingerprint density at radius 3 is 2.08 bits per heavy atom. The Morgan fingerprint density at radius 2 is 1.56 bits per heavy atom. The Morgan fingerprint density at radius 1 is 0.974 bits per heavy atom. The highest BCUT2D eigenvalue weighted by molar-refractivity contribution is 6.74. The topological polar surface area (TPSA) is 129 Å². The van der Waals surface area contributed by atoms with Crippen LogP contribution in [0.4, 0.5) is 0 Å². The van der Waals surface area contributed by atoms with Crippen LogP contribution in [0.1, 0.15) is 43.6 Å². The summed E-state index contributed by atoms with van der Waals surface area (Å²) in [4.78, 5) is 0. The number of hydrogen-bond acceptors (Lipinski definition) is 8. The molecule has 8 nitrogen and oxygen atoms in total. The fraction of sp³-hybridized carbons (Fsp3) is 0.571. The molecule has 0 aliphatic carbocycles. The van der Waals surface area contributed by atoms with Crippen LogP contribution in [0.25, 0.3) is 0 Å². The molecule has 5 N–H and O–H groups in total. The monoisotopic (exact) mass is 598 g/mol. The lowest BCUT2D eigenvalue weighted by atomic mass is 9.87. The normalized spacial score (nSPS) is 27.3. The van der Waals surface area contributed by atoms with Crippen LogP contribution in [0.5, 0.6) is 5.75 Å². The van der Waals surface area contributed by atoms with Crippen LogP contribution in [0.3, 0.4) is 0 Å². The highest BCUT2D eigenvalue weighted by Crippen LogP contribution is 2.42. The minimum atomic E-state index is -2.41. The van der Waals surface area contributed by atoms with Crippen molar-refractivity contribution in [3.05, 3.63) is 64.2 Å². The predicted molar refractivity (Wildman–Crippen MR) is 156 cm³/mol. The molecule has 1 aliphatic heterocycles. The van der Waals surface area contributed by atoms with Gasteiger partial charge in [-0.1, -0.05) is 50.6 Å². The summed E-state index contributed by atoms with van der Waals surface area (Å²) in [6.07, 6.45) is -7.13. The van der Waals surface area contributed by atoms with Crippen molar-refractivity contribution in [2.75, 3.05) is 6.61 Å². The van der Waals surface area contributed by atoms with Crippen molar-refractivity contribution in [2.24, 2.45) is 0 Å². The zero-order valence-corrected chi connectivity index (χ0v) is 26.7. The molecule has 1 saturated heterocycles. The molecule has 0 radical (unpaired) electrons. The largest absolute Gasteiger partial charge is 0.544 e. The van der Waals surface area contributed by atoms with Gasteiger partial charge in [-0.3, -0.25) is 0 Å². The Kier molecular flexibility index (Phi) is 9.51. The molecule has 0 bridgehead atoms. The van der Waals surface area contributed by atoms with E-state index in [1.807, 2.05) is 24.3 Å². The standard InChI is InChI=1S/C28H43ClO8Si2/c1-27(2,3)39(7,8)36-19-12-9-17(10-13-19)25(37-38(4,5)6)20-15-18(11-14-21(20)29)28(34)26(33)24(32)23(31)22(16-30)35-28/h9-15,22-26,30-34H,16H2,1-8H3/t22-,23-,24+,25?,26-,28?/m1/s1. The molecule has 11 heteroatoms. The van der Waals surface area contributed by atoms with Crippen molar-refractivity contribution in [3.63, 3.8) is 0 Å². The first kappa shape index (κ1) is 32.2. The second-order valence-electron chi connectivity index (χ2n) is 12.7. The van der Waals surface area contributed by atoms with Crippen LogP contribution in [-0.2, 0) is 14.9 Å². The van der Waals surface area contributed by atoms with Crippen molar-refractivity contribution in [2.45, 2.75) is 94.9 Å². The van der Waals surface area contributed by atoms with Gasteiger partial charge in [-0.05, 0) is 67.6 Å². The van der Waals surface area contributed by atoms with Crippen LogP contribution < -0.4 is 4.43 Å². The molecule has 218 valence electrons. The van der Waals surface area contributed by atoms with Crippen molar-refractivity contribution in [3.8, 4) is 5.75 Å². The molecule has 0 amide bonds. The van der Waals surface area contributed by atoms with Gasteiger partial charge in [0.15, 0.2) is 8.32 Å². The van der Waals surface area contributed by atoms with Crippen molar-refractivity contribution >= 4 is 28.2 Å². The summed E-state index contributed by atoms with van der Waals surface area (Å²) in [5.74, 6) is -1.64. The molecular formula is C28H43ClO8Si2. The van der Waals surface area contributed by atoms with Gasteiger partial charge in [0.25, 0.3) is 0 Å². The van der Waals surface area contributed by atoms with E-state index < -0.39 is 59.5 Å². The van der Waals surface area contributed by atoms with E-state index in [-0.39, 0.29) is 10.6 Å². The van der Waals surface area contributed by atoms with Crippen LogP contribution in [0.2, 0.25) is 42.8 Å². The maximum atomic E-state index is 11.4. The molecule has 6 atom stereocenters. The fourth-order valence-electron chi connectivity index (χ4n) is 4.18. The molecule has 0 spiro atoms. The van der Waals surface area contributed by atoms with Crippen LogP contribution in [0.15, 0.2) is 42.5 Å². The summed E-state index contributed by atoms with van der Waals surface area (Å²) < 4.78 is 18.5. The number of ether oxygens (including phenoxy) is 1. The number of rotatable bonds is 8. The molecule has 0 saturated carbocycles. The maximum Gasteiger partial charge on any atom is 0.250 e. The van der Waals surface area contributed by atoms with E-state index in [9.17, 15) is 25.5 Å². The van der Waals surface area contributed by atoms with Gasteiger partial charge < -0.3 is 39.1 Å². The van der Waals surface area contributed by atoms with E-state index in [1.165, 1.54) is 6.07 Å². The van der Waals surface area contributed by atoms with Gasteiger partial charge in [-0.2, -0.15) is 0 Å². The molecule has 1 heterocycles. The number of benzene rings is 2. The van der Waals surface area contributed by atoms with Gasteiger partial charge in [0.05, 0.1) is 12.7 Å². The van der Waals surface area contributed by atoms with Crippen LogP contribution in [0, 0.1) is 0 Å². The number of aliphatic hydroxyl groups excluding tert-OH is 4. The summed E-state index contributed by atoms with van der Waals surface area (Å²) in [5.41, 5.74) is 1.45.